The molecule has 1 atom stereocenters. The summed E-state index contributed by atoms with van der Waals surface area (Å²) < 4.78 is 0. The molecule has 5 N–H and O–H groups in total. The van der Waals surface area contributed by atoms with Crippen molar-refractivity contribution < 1.29 is 14.9 Å². The van der Waals surface area contributed by atoms with E-state index in [4.69, 9.17) is 5.73 Å². The molecule has 2 aromatic rings. The highest BCUT2D eigenvalue weighted by molar-refractivity contribution is 7.10. The van der Waals surface area contributed by atoms with Crippen molar-refractivity contribution in [1.29, 1.82) is 0 Å². The van der Waals surface area contributed by atoms with E-state index in [-0.39, 0.29) is 25.0 Å². The summed E-state index contributed by atoms with van der Waals surface area (Å²) in [6.07, 6.45) is 0. The molecule has 0 saturated carbocycles. The Morgan fingerprint density at radius 1 is 1.17 bits per heavy atom. The van der Waals surface area contributed by atoms with Gasteiger partial charge in [-0.25, -0.2) is 0 Å². The molecule has 0 saturated heterocycles. The second-order valence-electron chi connectivity index (χ2n) is 6.00. The van der Waals surface area contributed by atoms with Gasteiger partial charge in [-0.15, -0.1) is 11.3 Å². The molecule has 0 bridgehead atoms. The second kappa shape index (κ2) is 8.61. The lowest BCUT2D eigenvalue weighted by Gasteiger charge is -2.16. The van der Waals surface area contributed by atoms with E-state index in [1.807, 2.05) is 16.8 Å². The number of quaternary nitrogens is 1. The van der Waals surface area contributed by atoms with Gasteiger partial charge in [0.25, 0.3) is 5.91 Å². The molecule has 5 nitrogen and oxygen atoms in total. The van der Waals surface area contributed by atoms with Crippen LogP contribution in [0.25, 0.3) is 0 Å². The molecule has 0 aliphatic carbocycles. The van der Waals surface area contributed by atoms with Gasteiger partial charge in [-0.2, -0.15) is 0 Å². The van der Waals surface area contributed by atoms with E-state index >= 15 is 0 Å². The van der Waals surface area contributed by atoms with Crippen LogP contribution in [0.4, 0.5) is 0 Å². The Labute approximate surface area is 146 Å². The lowest BCUT2D eigenvalue weighted by Crippen LogP contribution is -2.87. The number of primary amides is 1. The first-order chi connectivity index (χ1) is 11.5. The number of carbonyl (C=O) groups is 2. The zero-order valence-corrected chi connectivity index (χ0v) is 14.8. The Bertz CT molecular complexity index is 666. The van der Waals surface area contributed by atoms with Crippen LogP contribution in [0.15, 0.2) is 41.8 Å². The lowest BCUT2D eigenvalue weighted by atomic mass is 9.98. The molecular formula is C18H24N3O2S+. The molecule has 0 spiro atoms. The van der Waals surface area contributed by atoms with Crippen molar-refractivity contribution in [2.75, 3.05) is 13.1 Å². The van der Waals surface area contributed by atoms with Crippen molar-refractivity contribution in [3.63, 3.8) is 0 Å². The largest absolute Gasteiger partial charge is 0.368 e. The molecule has 0 fully saturated rings. The summed E-state index contributed by atoms with van der Waals surface area (Å²) in [6.45, 7) is 4.45. The Hall–Kier alpha value is -2.18. The average Bonchev–Trinajstić information content (AvgIpc) is 3.08. The number of nitrogens with two attached hydrogens (primary N) is 2. The topological polar surface area (TPSA) is 88.8 Å². The van der Waals surface area contributed by atoms with E-state index in [2.05, 4.69) is 49.5 Å². The summed E-state index contributed by atoms with van der Waals surface area (Å²) >= 11 is 1.67. The van der Waals surface area contributed by atoms with Gasteiger partial charge in [-0.3, -0.25) is 9.59 Å². The normalized spacial score (nSPS) is 12.1. The molecule has 0 unspecified atom stereocenters. The summed E-state index contributed by atoms with van der Waals surface area (Å²) in [6, 6.07) is 12.7. The van der Waals surface area contributed by atoms with Gasteiger partial charge in [-0.1, -0.05) is 44.2 Å². The lowest BCUT2D eigenvalue weighted by molar-refractivity contribution is -0.676. The number of hydrogen-bond acceptors (Lipinski definition) is 3. The summed E-state index contributed by atoms with van der Waals surface area (Å²) in [5.74, 6) is -0.251. The van der Waals surface area contributed by atoms with Crippen LogP contribution in [-0.2, 0) is 9.59 Å². The van der Waals surface area contributed by atoms with Crippen LogP contribution in [-0.4, -0.2) is 24.9 Å². The van der Waals surface area contributed by atoms with E-state index in [0.717, 1.165) is 5.56 Å². The molecule has 1 aromatic carbocycles. The van der Waals surface area contributed by atoms with Crippen LogP contribution >= 0.6 is 11.3 Å². The number of nitrogens with one attached hydrogen (secondary N) is 1. The maximum absolute atomic E-state index is 11.8. The predicted molar refractivity (Wildman–Crippen MR) is 95.7 cm³/mol. The van der Waals surface area contributed by atoms with Crippen molar-refractivity contribution >= 4 is 23.2 Å². The Morgan fingerprint density at radius 3 is 2.38 bits per heavy atom. The van der Waals surface area contributed by atoms with E-state index in [1.165, 1.54) is 10.4 Å². The van der Waals surface area contributed by atoms with E-state index in [1.54, 1.807) is 11.3 Å². The van der Waals surface area contributed by atoms with Gasteiger partial charge in [0.15, 0.2) is 6.54 Å². The number of carbonyl (C=O) groups excluding carboxylic acids is 2. The smallest absolute Gasteiger partial charge is 0.275 e. The quantitative estimate of drug-likeness (QED) is 0.669. The second-order valence-corrected chi connectivity index (χ2v) is 6.98. The van der Waals surface area contributed by atoms with Crippen molar-refractivity contribution in [3.05, 3.63) is 57.8 Å². The summed E-state index contributed by atoms with van der Waals surface area (Å²) in [5.41, 5.74) is 7.49. The standard InChI is InChI=1S/C18H23N3O2S/c1-12(2)13-5-7-14(8-6-13)18(15-4-3-9-24-15)21-11-17(23)20-10-16(19)22/h3-9,12,18,21H,10-11H2,1-2H3,(H2,19,22)(H,20,23)/p+1/t18-/m0/s1. The Balaban J connectivity index is 2.08. The van der Waals surface area contributed by atoms with E-state index in [9.17, 15) is 9.59 Å². The van der Waals surface area contributed by atoms with Crippen LogP contribution in [0.3, 0.4) is 0 Å². The molecule has 0 radical (unpaired) electrons. The van der Waals surface area contributed by atoms with Gasteiger partial charge < -0.3 is 16.4 Å². The van der Waals surface area contributed by atoms with Crippen molar-refractivity contribution in [1.82, 2.24) is 5.32 Å². The zero-order valence-electron chi connectivity index (χ0n) is 14.0. The first-order valence-electron chi connectivity index (χ1n) is 7.99. The van der Waals surface area contributed by atoms with Gasteiger partial charge in [0.05, 0.1) is 11.4 Å². The summed E-state index contributed by atoms with van der Waals surface area (Å²) in [5, 5.41) is 6.53. The highest BCUT2D eigenvalue weighted by Gasteiger charge is 2.20. The fraction of sp³-hybridized carbons (Fsp3) is 0.333. The van der Waals surface area contributed by atoms with Crippen LogP contribution in [0.5, 0.6) is 0 Å². The molecule has 24 heavy (non-hydrogen) atoms. The molecular weight excluding hydrogens is 322 g/mol. The van der Waals surface area contributed by atoms with Gasteiger partial charge in [0.2, 0.25) is 5.91 Å². The molecule has 0 aliphatic rings. The molecule has 2 rings (SSSR count). The highest BCUT2D eigenvalue weighted by atomic mass is 32.1. The molecule has 128 valence electrons. The summed E-state index contributed by atoms with van der Waals surface area (Å²) in [7, 11) is 0. The first kappa shape index (κ1) is 18.2. The fourth-order valence-corrected chi connectivity index (χ4v) is 3.31. The molecule has 2 amide bonds. The Kier molecular flexibility index (Phi) is 6.52. The number of benzene rings is 1. The fourth-order valence-electron chi connectivity index (χ4n) is 2.46. The number of amides is 2. The van der Waals surface area contributed by atoms with Gasteiger partial charge in [-0.05, 0) is 22.9 Å². The SMILES string of the molecule is CC(C)c1ccc([C@H]([NH2+]CC(=O)NCC(N)=O)c2cccs2)cc1. The first-order valence-corrected chi connectivity index (χ1v) is 8.87. The highest BCUT2D eigenvalue weighted by Crippen LogP contribution is 2.24. The Morgan fingerprint density at radius 2 is 1.83 bits per heavy atom. The average molecular weight is 346 g/mol. The minimum absolute atomic E-state index is 0.0607. The van der Waals surface area contributed by atoms with Gasteiger partial charge >= 0.3 is 0 Å². The van der Waals surface area contributed by atoms with E-state index < -0.39 is 5.91 Å². The molecule has 1 heterocycles. The van der Waals surface area contributed by atoms with Crippen LogP contribution in [0.1, 0.15) is 41.8 Å². The minimum atomic E-state index is -0.539. The van der Waals surface area contributed by atoms with Crippen molar-refractivity contribution in [2.24, 2.45) is 5.73 Å². The zero-order chi connectivity index (χ0) is 17.5. The number of rotatable bonds is 8. The van der Waals surface area contributed by atoms with Crippen molar-refractivity contribution in [3.8, 4) is 0 Å². The third kappa shape index (κ3) is 5.18. The number of thiophene rings is 1. The third-order valence-electron chi connectivity index (χ3n) is 3.81. The maximum atomic E-state index is 11.8. The number of hydrogen-bond donors (Lipinski definition) is 3. The molecule has 6 heteroatoms. The maximum Gasteiger partial charge on any atom is 0.275 e. The monoisotopic (exact) mass is 346 g/mol. The van der Waals surface area contributed by atoms with Crippen LogP contribution in [0.2, 0.25) is 0 Å². The molecule has 0 aliphatic heterocycles. The summed E-state index contributed by atoms with van der Waals surface area (Å²) in [4.78, 5) is 23.8. The molecule has 1 aromatic heterocycles. The van der Waals surface area contributed by atoms with Crippen LogP contribution in [0, 0.1) is 0 Å². The van der Waals surface area contributed by atoms with Gasteiger partial charge in [0.1, 0.15) is 6.04 Å². The minimum Gasteiger partial charge on any atom is -0.368 e. The van der Waals surface area contributed by atoms with Crippen LogP contribution < -0.4 is 16.4 Å². The third-order valence-corrected chi connectivity index (χ3v) is 4.77. The van der Waals surface area contributed by atoms with Crippen molar-refractivity contribution in [2.45, 2.75) is 25.8 Å². The van der Waals surface area contributed by atoms with Gasteiger partial charge in [0, 0.05) is 5.56 Å². The van der Waals surface area contributed by atoms with E-state index in [0.29, 0.717) is 5.92 Å². The predicted octanol–water partition coefficient (Wildman–Crippen LogP) is 1.13.